The average Bonchev–Trinajstić information content (AvgIpc) is 2.18. The molecule has 0 spiro atoms. The number of hydrogen-bond donors (Lipinski definition) is 1. The lowest BCUT2D eigenvalue weighted by atomic mass is 10.1. The highest BCUT2D eigenvalue weighted by Crippen LogP contribution is 2.16. The first-order valence-electron chi connectivity index (χ1n) is 4.88. The zero-order valence-electron chi connectivity index (χ0n) is 8.32. The van der Waals surface area contributed by atoms with Crippen LogP contribution in [0.15, 0.2) is 18.2 Å². The Morgan fingerprint density at radius 1 is 1.36 bits per heavy atom. The highest BCUT2D eigenvalue weighted by atomic mass is 35.5. The molecular weight excluding hydrogens is 201 g/mol. The van der Waals surface area contributed by atoms with Crippen LogP contribution >= 0.6 is 11.6 Å². The molecule has 0 bridgehead atoms. The maximum absolute atomic E-state index is 12.8. The van der Waals surface area contributed by atoms with Gasteiger partial charge in [-0.1, -0.05) is 18.5 Å². The van der Waals surface area contributed by atoms with E-state index in [9.17, 15) is 4.39 Å². The van der Waals surface area contributed by atoms with Gasteiger partial charge in [0, 0.05) is 5.02 Å². The first kappa shape index (κ1) is 11.5. The lowest BCUT2D eigenvalue weighted by Crippen LogP contribution is -2.17. The van der Waals surface area contributed by atoms with Crippen molar-refractivity contribution in [1.29, 1.82) is 0 Å². The van der Waals surface area contributed by atoms with Crippen LogP contribution < -0.4 is 5.32 Å². The molecule has 0 atom stereocenters. The van der Waals surface area contributed by atoms with Crippen LogP contribution in [0.25, 0.3) is 0 Å². The minimum Gasteiger partial charge on any atom is -0.316 e. The maximum atomic E-state index is 12.8. The largest absolute Gasteiger partial charge is 0.316 e. The fourth-order valence-corrected chi connectivity index (χ4v) is 1.47. The molecule has 1 N–H and O–H groups in total. The van der Waals surface area contributed by atoms with E-state index in [1.807, 2.05) is 0 Å². The summed E-state index contributed by atoms with van der Waals surface area (Å²) in [7, 11) is 0. The molecule has 0 aliphatic heterocycles. The van der Waals surface area contributed by atoms with Crippen molar-refractivity contribution in [2.45, 2.75) is 19.8 Å². The second kappa shape index (κ2) is 5.99. The summed E-state index contributed by atoms with van der Waals surface area (Å²) in [6.07, 6.45) is 1.88. The minimum atomic E-state index is -0.222. The van der Waals surface area contributed by atoms with Crippen molar-refractivity contribution >= 4 is 11.6 Å². The zero-order valence-corrected chi connectivity index (χ0v) is 9.07. The molecule has 0 unspecified atom stereocenters. The smallest absolute Gasteiger partial charge is 0.123 e. The molecule has 1 rings (SSSR count). The zero-order chi connectivity index (χ0) is 10.4. The summed E-state index contributed by atoms with van der Waals surface area (Å²) in [5.74, 6) is -0.222. The molecule has 14 heavy (non-hydrogen) atoms. The summed E-state index contributed by atoms with van der Waals surface area (Å²) in [5.41, 5.74) is 0.871. The Morgan fingerprint density at radius 2 is 2.14 bits per heavy atom. The van der Waals surface area contributed by atoms with Crippen molar-refractivity contribution in [3.05, 3.63) is 34.6 Å². The minimum absolute atomic E-state index is 0.222. The first-order valence-corrected chi connectivity index (χ1v) is 5.26. The normalized spacial score (nSPS) is 10.5. The predicted octanol–water partition coefficient (Wildman–Crippen LogP) is 3.02. The third-order valence-electron chi connectivity index (χ3n) is 2.01. The number of halogens is 2. The van der Waals surface area contributed by atoms with Gasteiger partial charge in [0.25, 0.3) is 0 Å². The first-order chi connectivity index (χ1) is 6.74. The van der Waals surface area contributed by atoms with Crippen LogP contribution in [0.5, 0.6) is 0 Å². The van der Waals surface area contributed by atoms with Crippen molar-refractivity contribution in [1.82, 2.24) is 5.32 Å². The van der Waals surface area contributed by atoms with Crippen LogP contribution in [0.4, 0.5) is 4.39 Å². The fraction of sp³-hybridized carbons (Fsp3) is 0.455. The third-order valence-corrected chi connectivity index (χ3v) is 2.37. The number of benzene rings is 1. The lowest BCUT2D eigenvalue weighted by molar-refractivity contribution is 0.622. The summed E-state index contributed by atoms with van der Waals surface area (Å²) in [5, 5.41) is 3.89. The van der Waals surface area contributed by atoms with Gasteiger partial charge in [-0.25, -0.2) is 4.39 Å². The second-order valence-electron chi connectivity index (χ2n) is 3.24. The Balaban J connectivity index is 2.45. The van der Waals surface area contributed by atoms with Crippen LogP contribution in [0.2, 0.25) is 5.02 Å². The molecule has 0 saturated heterocycles. The molecule has 0 aliphatic rings. The molecular formula is C11H15ClFN. The Hall–Kier alpha value is -0.600. The molecule has 0 aromatic heterocycles. The molecule has 0 radical (unpaired) electrons. The molecule has 0 aliphatic carbocycles. The summed E-state index contributed by atoms with van der Waals surface area (Å²) in [6, 6.07) is 4.48. The van der Waals surface area contributed by atoms with Crippen LogP contribution in [-0.4, -0.2) is 13.1 Å². The molecule has 0 heterocycles. The highest BCUT2D eigenvalue weighted by molar-refractivity contribution is 6.31. The standard InChI is InChI=1S/C11H15ClFN/c1-2-6-14-7-5-9-8-10(13)3-4-11(9)12/h3-4,8,14H,2,5-7H2,1H3. The van der Waals surface area contributed by atoms with Crippen molar-refractivity contribution in [3.63, 3.8) is 0 Å². The maximum Gasteiger partial charge on any atom is 0.123 e. The molecule has 0 saturated carbocycles. The van der Waals surface area contributed by atoms with Gasteiger partial charge in [0.05, 0.1) is 0 Å². The van der Waals surface area contributed by atoms with Gasteiger partial charge in [-0.05, 0) is 49.7 Å². The Bertz CT molecular complexity index is 289. The van der Waals surface area contributed by atoms with Gasteiger partial charge >= 0.3 is 0 Å². The molecule has 1 aromatic carbocycles. The van der Waals surface area contributed by atoms with E-state index in [4.69, 9.17) is 11.6 Å². The number of nitrogens with one attached hydrogen (secondary N) is 1. The SMILES string of the molecule is CCCNCCc1cc(F)ccc1Cl. The Labute approximate surface area is 89.3 Å². The van der Waals surface area contributed by atoms with E-state index in [1.165, 1.54) is 12.1 Å². The van der Waals surface area contributed by atoms with Gasteiger partial charge in [-0.3, -0.25) is 0 Å². The Kier molecular flexibility index (Phi) is 4.91. The van der Waals surface area contributed by atoms with Crippen molar-refractivity contribution in [3.8, 4) is 0 Å². The van der Waals surface area contributed by atoms with Crippen LogP contribution in [0, 0.1) is 5.82 Å². The number of rotatable bonds is 5. The summed E-state index contributed by atoms with van der Waals surface area (Å²) in [4.78, 5) is 0. The van der Waals surface area contributed by atoms with Crippen LogP contribution in [0.3, 0.4) is 0 Å². The highest BCUT2D eigenvalue weighted by Gasteiger charge is 2.01. The molecule has 0 amide bonds. The van der Waals surface area contributed by atoms with Crippen molar-refractivity contribution in [2.75, 3.05) is 13.1 Å². The van der Waals surface area contributed by atoms with Gasteiger partial charge in [0.2, 0.25) is 0 Å². The van der Waals surface area contributed by atoms with Gasteiger partial charge in [-0.15, -0.1) is 0 Å². The third kappa shape index (κ3) is 3.64. The summed E-state index contributed by atoms with van der Waals surface area (Å²) in [6.45, 7) is 3.95. The fourth-order valence-electron chi connectivity index (χ4n) is 1.26. The predicted molar refractivity (Wildman–Crippen MR) is 58.3 cm³/mol. The quantitative estimate of drug-likeness (QED) is 0.745. The topological polar surface area (TPSA) is 12.0 Å². The van der Waals surface area contributed by atoms with E-state index >= 15 is 0 Å². The van der Waals surface area contributed by atoms with E-state index in [0.29, 0.717) is 5.02 Å². The summed E-state index contributed by atoms with van der Waals surface area (Å²) < 4.78 is 12.8. The van der Waals surface area contributed by atoms with Crippen LogP contribution in [0.1, 0.15) is 18.9 Å². The lowest BCUT2D eigenvalue weighted by Gasteiger charge is -2.05. The van der Waals surface area contributed by atoms with E-state index in [0.717, 1.165) is 31.5 Å². The molecule has 1 nitrogen and oxygen atoms in total. The van der Waals surface area contributed by atoms with E-state index in [-0.39, 0.29) is 5.82 Å². The van der Waals surface area contributed by atoms with E-state index < -0.39 is 0 Å². The monoisotopic (exact) mass is 215 g/mol. The van der Waals surface area contributed by atoms with Crippen molar-refractivity contribution < 1.29 is 4.39 Å². The van der Waals surface area contributed by atoms with Gasteiger partial charge in [0.15, 0.2) is 0 Å². The Morgan fingerprint density at radius 3 is 2.86 bits per heavy atom. The molecule has 1 aromatic rings. The van der Waals surface area contributed by atoms with Crippen LogP contribution in [-0.2, 0) is 6.42 Å². The molecule has 78 valence electrons. The van der Waals surface area contributed by atoms with E-state index in [2.05, 4.69) is 12.2 Å². The molecule has 3 heteroatoms. The second-order valence-corrected chi connectivity index (χ2v) is 3.64. The van der Waals surface area contributed by atoms with Gasteiger partial charge < -0.3 is 5.32 Å². The van der Waals surface area contributed by atoms with Gasteiger partial charge in [0.1, 0.15) is 5.82 Å². The summed E-state index contributed by atoms with van der Waals surface area (Å²) >= 11 is 5.91. The number of hydrogen-bond acceptors (Lipinski definition) is 1. The molecule has 0 fully saturated rings. The van der Waals surface area contributed by atoms with Crippen molar-refractivity contribution in [2.24, 2.45) is 0 Å². The van der Waals surface area contributed by atoms with Gasteiger partial charge in [-0.2, -0.15) is 0 Å². The van der Waals surface area contributed by atoms with E-state index in [1.54, 1.807) is 6.07 Å². The average molecular weight is 216 g/mol.